The molecule has 0 saturated heterocycles. The molecule has 0 atom stereocenters. The first-order valence-corrected chi connectivity index (χ1v) is 11.1. The quantitative estimate of drug-likeness (QED) is 0.519. The van der Waals surface area contributed by atoms with E-state index in [9.17, 15) is 9.59 Å². The first kappa shape index (κ1) is 19.6. The zero-order chi connectivity index (χ0) is 19.1. The molecule has 2 N–H and O–H groups in total. The van der Waals surface area contributed by atoms with E-state index in [0.29, 0.717) is 24.1 Å². The molecule has 0 saturated carbocycles. The number of aromatic amines is 1. The van der Waals surface area contributed by atoms with E-state index in [0.717, 1.165) is 9.75 Å². The lowest BCUT2D eigenvalue weighted by Crippen LogP contribution is -2.41. The van der Waals surface area contributed by atoms with Crippen LogP contribution in [0.15, 0.2) is 40.2 Å². The Bertz CT molecular complexity index is 861. The first-order chi connectivity index (χ1) is 13.2. The van der Waals surface area contributed by atoms with Gasteiger partial charge in [0.25, 0.3) is 0 Å². The van der Waals surface area contributed by atoms with E-state index in [4.69, 9.17) is 0 Å². The molecular weight excluding hydrogens is 402 g/mol. The van der Waals surface area contributed by atoms with Crippen molar-refractivity contribution in [3.05, 3.63) is 39.9 Å². The number of carbonyl (C=O) groups is 2. The number of H-pyrrole nitrogens is 1. The Balaban J connectivity index is 1.46. The summed E-state index contributed by atoms with van der Waals surface area (Å²) in [4.78, 5) is 32.5. The Morgan fingerprint density at radius 3 is 2.78 bits per heavy atom. The molecule has 0 aliphatic heterocycles. The fraction of sp³-hybridized carbons (Fsp3) is 0.294. The van der Waals surface area contributed by atoms with Crippen LogP contribution < -0.4 is 5.32 Å². The molecule has 0 radical (unpaired) electrons. The number of hydrogen-bond acceptors (Lipinski definition) is 7. The van der Waals surface area contributed by atoms with Crippen molar-refractivity contribution in [2.45, 2.75) is 18.6 Å². The third-order valence-electron chi connectivity index (χ3n) is 3.65. The van der Waals surface area contributed by atoms with E-state index in [1.54, 1.807) is 22.7 Å². The monoisotopic (exact) mass is 421 g/mol. The first-order valence-electron chi connectivity index (χ1n) is 8.31. The van der Waals surface area contributed by atoms with Crippen LogP contribution in [0, 0.1) is 0 Å². The largest absolute Gasteiger partial charge is 0.350 e. The van der Waals surface area contributed by atoms with Gasteiger partial charge in [0, 0.05) is 11.4 Å². The molecule has 7 nitrogen and oxygen atoms in total. The highest BCUT2D eigenvalue weighted by atomic mass is 32.2. The van der Waals surface area contributed by atoms with E-state index in [-0.39, 0.29) is 24.1 Å². The summed E-state index contributed by atoms with van der Waals surface area (Å²) in [7, 11) is 0. The fourth-order valence-corrected chi connectivity index (χ4v) is 4.27. The van der Waals surface area contributed by atoms with Crippen LogP contribution in [0.2, 0.25) is 0 Å². The molecule has 0 unspecified atom stereocenters. The van der Waals surface area contributed by atoms with E-state index in [1.807, 2.05) is 41.9 Å². The van der Waals surface area contributed by atoms with Crippen LogP contribution >= 0.6 is 34.4 Å². The number of carbonyl (C=O) groups excluding carboxylic acids is 2. The van der Waals surface area contributed by atoms with Crippen LogP contribution in [0.4, 0.5) is 0 Å². The van der Waals surface area contributed by atoms with E-state index < -0.39 is 0 Å². The summed E-state index contributed by atoms with van der Waals surface area (Å²) in [5.74, 6) is 0.603. The third kappa shape index (κ3) is 5.65. The summed E-state index contributed by atoms with van der Waals surface area (Å²) < 4.78 is 0. The maximum absolute atomic E-state index is 12.4. The topological polar surface area (TPSA) is 91.0 Å². The number of hydrogen-bond donors (Lipinski definition) is 2. The minimum atomic E-state index is -0.165. The Kier molecular flexibility index (Phi) is 7.02. The van der Waals surface area contributed by atoms with Gasteiger partial charge in [0.15, 0.2) is 5.82 Å². The lowest BCUT2D eigenvalue weighted by Gasteiger charge is -2.19. The van der Waals surface area contributed by atoms with E-state index >= 15 is 0 Å². The molecule has 0 fully saturated rings. The minimum Gasteiger partial charge on any atom is -0.350 e. The van der Waals surface area contributed by atoms with Crippen LogP contribution in [0.25, 0.3) is 10.7 Å². The molecule has 0 spiro atoms. The van der Waals surface area contributed by atoms with Crippen molar-refractivity contribution >= 4 is 46.2 Å². The van der Waals surface area contributed by atoms with Crippen LogP contribution in [0.3, 0.4) is 0 Å². The van der Waals surface area contributed by atoms with Crippen molar-refractivity contribution in [3.8, 4) is 10.7 Å². The highest BCUT2D eigenvalue weighted by Gasteiger charge is 2.17. The summed E-state index contributed by atoms with van der Waals surface area (Å²) in [5, 5.41) is 14.3. The average molecular weight is 422 g/mol. The summed E-state index contributed by atoms with van der Waals surface area (Å²) in [6.07, 6.45) is 0. The second-order valence-corrected chi connectivity index (χ2v) is 8.42. The summed E-state index contributed by atoms with van der Waals surface area (Å²) in [6.45, 7) is 2.87. The molecule has 142 valence electrons. The van der Waals surface area contributed by atoms with Gasteiger partial charge in [-0.15, -0.1) is 27.8 Å². The predicted octanol–water partition coefficient (Wildman–Crippen LogP) is 2.85. The number of likely N-dealkylation sites (N-methyl/N-ethyl adjacent to an activating group) is 1. The van der Waals surface area contributed by atoms with Crippen LogP contribution in [0.5, 0.6) is 0 Å². The zero-order valence-corrected chi connectivity index (χ0v) is 17.1. The SMILES string of the molecule is CCN(CC(=O)NCc1cccs1)C(=O)CSc1n[nH]c(-c2cccs2)n1. The van der Waals surface area contributed by atoms with Gasteiger partial charge in [0.05, 0.1) is 23.7 Å². The van der Waals surface area contributed by atoms with Crippen molar-refractivity contribution in [3.63, 3.8) is 0 Å². The molecule has 0 aliphatic carbocycles. The highest BCUT2D eigenvalue weighted by Crippen LogP contribution is 2.23. The second kappa shape index (κ2) is 9.67. The summed E-state index contributed by atoms with van der Waals surface area (Å²) in [5.41, 5.74) is 0. The number of rotatable bonds is 9. The van der Waals surface area contributed by atoms with Crippen LogP contribution in [-0.4, -0.2) is 50.7 Å². The standard InChI is InChI=1S/C17H19N5O2S3/c1-2-22(10-14(23)18-9-12-5-3-7-25-12)15(24)11-27-17-19-16(20-21-17)13-6-4-8-26-13/h3-8H,2,9-11H2,1H3,(H,18,23)(H,19,20,21). The van der Waals surface area contributed by atoms with Gasteiger partial charge in [-0.3, -0.25) is 14.7 Å². The van der Waals surface area contributed by atoms with E-state index in [2.05, 4.69) is 20.5 Å². The number of thiophene rings is 2. The molecule has 3 heterocycles. The normalized spacial score (nSPS) is 10.7. The number of amides is 2. The molecule has 0 aliphatic rings. The number of aromatic nitrogens is 3. The van der Waals surface area contributed by atoms with Crippen LogP contribution in [0.1, 0.15) is 11.8 Å². The number of nitrogens with one attached hydrogen (secondary N) is 2. The summed E-state index contributed by atoms with van der Waals surface area (Å²) in [6, 6.07) is 7.81. The Labute approximate surface area is 169 Å². The highest BCUT2D eigenvalue weighted by molar-refractivity contribution is 7.99. The molecule has 10 heteroatoms. The summed E-state index contributed by atoms with van der Waals surface area (Å²) >= 11 is 4.42. The van der Waals surface area contributed by atoms with Gasteiger partial charge in [-0.05, 0) is 29.8 Å². The predicted molar refractivity (Wildman–Crippen MR) is 109 cm³/mol. The third-order valence-corrected chi connectivity index (χ3v) is 6.24. The van der Waals surface area contributed by atoms with Gasteiger partial charge in [0.1, 0.15) is 0 Å². The molecule has 0 bridgehead atoms. The smallest absolute Gasteiger partial charge is 0.239 e. The fourth-order valence-electron chi connectivity index (χ4n) is 2.26. The van der Waals surface area contributed by atoms with Gasteiger partial charge in [0.2, 0.25) is 17.0 Å². The van der Waals surface area contributed by atoms with E-state index in [1.165, 1.54) is 16.7 Å². The molecule has 3 aromatic heterocycles. The second-order valence-electron chi connectivity index (χ2n) is 5.50. The molecule has 27 heavy (non-hydrogen) atoms. The Morgan fingerprint density at radius 2 is 2.07 bits per heavy atom. The minimum absolute atomic E-state index is 0.0513. The van der Waals surface area contributed by atoms with Crippen molar-refractivity contribution in [2.24, 2.45) is 0 Å². The van der Waals surface area contributed by atoms with Crippen molar-refractivity contribution < 1.29 is 9.59 Å². The lowest BCUT2D eigenvalue weighted by atomic mass is 10.4. The van der Waals surface area contributed by atoms with Crippen molar-refractivity contribution in [1.29, 1.82) is 0 Å². The Hall–Kier alpha value is -2.17. The lowest BCUT2D eigenvalue weighted by molar-refractivity contribution is -0.133. The van der Waals surface area contributed by atoms with Gasteiger partial charge >= 0.3 is 0 Å². The Morgan fingerprint density at radius 1 is 1.26 bits per heavy atom. The molecule has 3 rings (SSSR count). The number of thioether (sulfide) groups is 1. The molecular formula is C17H19N5O2S3. The van der Waals surface area contributed by atoms with Gasteiger partial charge < -0.3 is 10.2 Å². The maximum Gasteiger partial charge on any atom is 0.239 e. The van der Waals surface area contributed by atoms with Crippen LogP contribution in [-0.2, 0) is 16.1 Å². The van der Waals surface area contributed by atoms with Gasteiger partial charge in [-0.2, -0.15) is 0 Å². The number of nitrogens with zero attached hydrogens (tertiary/aromatic N) is 3. The maximum atomic E-state index is 12.4. The zero-order valence-electron chi connectivity index (χ0n) is 14.7. The molecule has 2 amide bonds. The van der Waals surface area contributed by atoms with Crippen molar-refractivity contribution in [1.82, 2.24) is 25.4 Å². The molecule has 0 aromatic carbocycles. The average Bonchev–Trinajstić information content (AvgIpc) is 3.43. The molecule has 3 aromatic rings. The van der Waals surface area contributed by atoms with Gasteiger partial charge in [-0.1, -0.05) is 23.9 Å². The van der Waals surface area contributed by atoms with Crippen molar-refractivity contribution in [2.75, 3.05) is 18.8 Å². The van der Waals surface area contributed by atoms with Gasteiger partial charge in [-0.25, -0.2) is 4.98 Å².